The Hall–Kier alpha value is -2.13. The van der Waals surface area contributed by atoms with Gasteiger partial charge >= 0.3 is 0 Å². The molecule has 3 heteroatoms. The van der Waals surface area contributed by atoms with Gasteiger partial charge < -0.3 is 4.98 Å². The molecule has 0 saturated carbocycles. The fourth-order valence-electron chi connectivity index (χ4n) is 2.54. The average molecular weight is 250 g/mol. The maximum absolute atomic E-state index is 4.36. The van der Waals surface area contributed by atoms with Crippen LogP contribution in [0, 0.1) is 6.07 Å². The maximum atomic E-state index is 4.36. The fourth-order valence-corrected chi connectivity index (χ4v) is 2.54. The van der Waals surface area contributed by atoms with Gasteiger partial charge in [0.05, 0.1) is 6.04 Å². The van der Waals surface area contributed by atoms with Gasteiger partial charge in [0.1, 0.15) is 5.65 Å². The van der Waals surface area contributed by atoms with Crippen LogP contribution in [0.15, 0.2) is 48.8 Å². The first-order valence-corrected chi connectivity index (χ1v) is 6.32. The lowest BCUT2D eigenvalue weighted by Crippen LogP contribution is -2.20. The standard InChI is InChI=1S/C16H16N3/c1-19(2)15(12-7-4-3-5-8-12)14-11-18-16-13(14)9-6-10-17-16/h4-11,15H,1-2H3,(H,17,18). The second-order valence-electron chi connectivity index (χ2n) is 4.84. The minimum Gasteiger partial charge on any atom is -0.346 e. The van der Waals surface area contributed by atoms with Gasteiger partial charge in [0, 0.05) is 23.3 Å². The summed E-state index contributed by atoms with van der Waals surface area (Å²) in [4.78, 5) is 9.82. The summed E-state index contributed by atoms with van der Waals surface area (Å²) < 4.78 is 0. The lowest BCUT2D eigenvalue weighted by Gasteiger charge is -2.24. The fraction of sp³-hybridized carbons (Fsp3) is 0.188. The number of nitrogens with one attached hydrogen (secondary N) is 1. The van der Waals surface area contributed by atoms with Crippen molar-refractivity contribution in [2.75, 3.05) is 14.1 Å². The van der Waals surface area contributed by atoms with Gasteiger partial charge in [-0.1, -0.05) is 24.3 Å². The number of hydrogen-bond donors (Lipinski definition) is 1. The summed E-state index contributed by atoms with van der Waals surface area (Å²) in [6.45, 7) is 0. The normalized spacial score (nSPS) is 13.0. The zero-order valence-electron chi connectivity index (χ0n) is 11.1. The molecule has 2 aromatic heterocycles. The zero-order chi connectivity index (χ0) is 13.2. The summed E-state index contributed by atoms with van der Waals surface area (Å²) in [5.41, 5.74) is 3.44. The van der Waals surface area contributed by atoms with E-state index in [1.54, 1.807) is 0 Å². The number of H-pyrrole nitrogens is 1. The van der Waals surface area contributed by atoms with Crippen molar-refractivity contribution < 1.29 is 0 Å². The van der Waals surface area contributed by atoms with Crippen LogP contribution in [0.3, 0.4) is 0 Å². The summed E-state index contributed by atoms with van der Waals surface area (Å²) in [5, 5.41) is 1.18. The van der Waals surface area contributed by atoms with Crippen molar-refractivity contribution >= 4 is 11.0 Å². The number of fused-ring (bicyclic) bond motifs is 1. The van der Waals surface area contributed by atoms with E-state index in [-0.39, 0.29) is 6.04 Å². The third kappa shape index (κ3) is 2.13. The second-order valence-corrected chi connectivity index (χ2v) is 4.84. The summed E-state index contributed by atoms with van der Waals surface area (Å²) in [5.74, 6) is 0. The molecule has 1 unspecified atom stereocenters. The Bertz CT molecular complexity index is 671. The van der Waals surface area contributed by atoms with E-state index in [0.717, 1.165) is 5.65 Å². The number of rotatable bonds is 3. The van der Waals surface area contributed by atoms with E-state index in [1.165, 1.54) is 16.5 Å². The van der Waals surface area contributed by atoms with Crippen molar-refractivity contribution in [2.45, 2.75) is 6.04 Å². The molecule has 3 rings (SSSR count). The van der Waals surface area contributed by atoms with E-state index in [0.29, 0.717) is 0 Å². The van der Waals surface area contributed by atoms with E-state index < -0.39 is 0 Å². The molecular formula is C16H16N3. The van der Waals surface area contributed by atoms with Crippen LogP contribution in [0.1, 0.15) is 17.2 Å². The minimum absolute atomic E-state index is 0.215. The number of hydrogen-bond acceptors (Lipinski definition) is 2. The summed E-state index contributed by atoms with van der Waals surface area (Å²) in [6, 6.07) is 15.5. The maximum Gasteiger partial charge on any atom is 0.137 e. The van der Waals surface area contributed by atoms with Crippen molar-refractivity contribution in [1.29, 1.82) is 0 Å². The first kappa shape index (κ1) is 11.9. The quantitative estimate of drug-likeness (QED) is 0.775. The van der Waals surface area contributed by atoms with Gasteiger partial charge in [0.25, 0.3) is 0 Å². The molecule has 0 aliphatic heterocycles. The topological polar surface area (TPSA) is 31.9 Å². The SMILES string of the molecule is CN(C)C(c1cc[c]cc1)c1c[nH]c2ncccc12. The number of nitrogens with zero attached hydrogens (tertiary/aromatic N) is 2. The van der Waals surface area contributed by atoms with E-state index >= 15 is 0 Å². The van der Waals surface area contributed by atoms with Gasteiger partial charge in [0.15, 0.2) is 0 Å². The molecule has 3 nitrogen and oxygen atoms in total. The predicted octanol–water partition coefficient (Wildman–Crippen LogP) is 3.01. The van der Waals surface area contributed by atoms with Crippen molar-refractivity contribution in [3.05, 3.63) is 66.0 Å². The van der Waals surface area contributed by atoms with Crippen LogP contribution in [0.5, 0.6) is 0 Å². The van der Waals surface area contributed by atoms with E-state index in [9.17, 15) is 0 Å². The number of aromatic nitrogens is 2. The van der Waals surface area contributed by atoms with Crippen molar-refractivity contribution in [1.82, 2.24) is 14.9 Å². The third-order valence-corrected chi connectivity index (χ3v) is 3.35. The Labute approximate surface area is 112 Å². The number of aromatic amines is 1. The Balaban J connectivity index is 2.16. The van der Waals surface area contributed by atoms with Crippen LogP contribution < -0.4 is 0 Å². The Kier molecular flexibility index (Phi) is 3.05. The highest BCUT2D eigenvalue weighted by atomic mass is 15.1. The third-order valence-electron chi connectivity index (χ3n) is 3.35. The number of pyridine rings is 1. The second kappa shape index (κ2) is 4.86. The largest absolute Gasteiger partial charge is 0.346 e. The van der Waals surface area contributed by atoms with Gasteiger partial charge in [-0.2, -0.15) is 0 Å². The molecule has 0 aliphatic carbocycles. The molecule has 0 fully saturated rings. The lowest BCUT2D eigenvalue weighted by atomic mass is 9.98. The van der Waals surface area contributed by atoms with Crippen LogP contribution in [0.25, 0.3) is 11.0 Å². The summed E-state index contributed by atoms with van der Waals surface area (Å²) in [7, 11) is 4.19. The molecule has 0 saturated heterocycles. The van der Waals surface area contributed by atoms with E-state index in [2.05, 4.69) is 59.4 Å². The Morgan fingerprint density at radius 1 is 1.21 bits per heavy atom. The van der Waals surface area contributed by atoms with Crippen LogP contribution in [0.2, 0.25) is 0 Å². The van der Waals surface area contributed by atoms with Gasteiger partial charge in [-0.15, -0.1) is 0 Å². The summed E-state index contributed by atoms with van der Waals surface area (Å²) >= 11 is 0. The smallest absolute Gasteiger partial charge is 0.137 e. The Morgan fingerprint density at radius 2 is 2.00 bits per heavy atom. The molecule has 19 heavy (non-hydrogen) atoms. The molecule has 0 spiro atoms. The number of benzene rings is 1. The highest BCUT2D eigenvalue weighted by molar-refractivity contribution is 5.80. The van der Waals surface area contributed by atoms with Crippen LogP contribution in [-0.4, -0.2) is 29.0 Å². The van der Waals surface area contributed by atoms with Crippen molar-refractivity contribution in [3.63, 3.8) is 0 Å². The minimum atomic E-state index is 0.215. The molecule has 1 atom stereocenters. The molecule has 0 aliphatic rings. The molecule has 1 N–H and O–H groups in total. The monoisotopic (exact) mass is 250 g/mol. The van der Waals surface area contributed by atoms with E-state index in [1.807, 2.05) is 24.4 Å². The summed E-state index contributed by atoms with van der Waals surface area (Å²) in [6.07, 6.45) is 3.86. The lowest BCUT2D eigenvalue weighted by molar-refractivity contribution is 0.344. The molecule has 2 heterocycles. The molecule has 1 aromatic carbocycles. The first-order chi connectivity index (χ1) is 9.27. The van der Waals surface area contributed by atoms with Gasteiger partial charge in [-0.05, 0) is 37.9 Å². The molecule has 0 bridgehead atoms. The zero-order valence-corrected chi connectivity index (χ0v) is 11.1. The van der Waals surface area contributed by atoms with Crippen LogP contribution in [0.4, 0.5) is 0 Å². The molecule has 95 valence electrons. The Morgan fingerprint density at radius 3 is 2.74 bits per heavy atom. The average Bonchev–Trinajstić information content (AvgIpc) is 2.84. The van der Waals surface area contributed by atoms with Gasteiger partial charge in [-0.25, -0.2) is 4.98 Å². The van der Waals surface area contributed by atoms with Crippen LogP contribution in [-0.2, 0) is 0 Å². The molecule has 0 amide bonds. The highest BCUT2D eigenvalue weighted by Gasteiger charge is 2.19. The van der Waals surface area contributed by atoms with Gasteiger partial charge in [-0.3, -0.25) is 4.90 Å². The van der Waals surface area contributed by atoms with E-state index in [4.69, 9.17) is 0 Å². The molecular weight excluding hydrogens is 234 g/mol. The van der Waals surface area contributed by atoms with Gasteiger partial charge in [0.2, 0.25) is 0 Å². The molecule has 1 radical (unpaired) electrons. The molecule has 3 aromatic rings. The van der Waals surface area contributed by atoms with Crippen LogP contribution >= 0.6 is 0 Å². The predicted molar refractivity (Wildman–Crippen MR) is 76.9 cm³/mol. The first-order valence-electron chi connectivity index (χ1n) is 6.32. The highest BCUT2D eigenvalue weighted by Crippen LogP contribution is 2.31. The van der Waals surface area contributed by atoms with Crippen molar-refractivity contribution in [3.8, 4) is 0 Å². The van der Waals surface area contributed by atoms with Crippen molar-refractivity contribution in [2.24, 2.45) is 0 Å².